The molecule has 14 heavy (non-hydrogen) atoms. The minimum atomic E-state index is -0.934. The molecule has 0 aromatic heterocycles. The van der Waals surface area contributed by atoms with Gasteiger partial charge in [-0.1, -0.05) is 13.8 Å². The van der Waals surface area contributed by atoms with Gasteiger partial charge in [-0.25, -0.2) is 0 Å². The monoisotopic (exact) mass is 202 g/mol. The molecule has 0 saturated heterocycles. The van der Waals surface area contributed by atoms with Crippen LogP contribution in [-0.4, -0.2) is 36.1 Å². The Morgan fingerprint density at radius 2 is 1.71 bits per heavy atom. The SMILES string of the molecule is CNC(=O)C(C)NC(C(=O)O)C(C)C. The van der Waals surface area contributed by atoms with Crippen LogP contribution in [-0.2, 0) is 9.59 Å². The van der Waals surface area contributed by atoms with Crippen LogP contribution in [0.5, 0.6) is 0 Å². The average molecular weight is 202 g/mol. The summed E-state index contributed by atoms with van der Waals surface area (Å²) in [6, 6.07) is -1.19. The zero-order valence-electron chi connectivity index (χ0n) is 9.00. The van der Waals surface area contributed by atoms with Gasteiger partial charge in [-0.3, -0.25) is 14.9 Å². The van der Waals surface area contributed by atoms with E-state index in [0.717, 1.165) is 0 Å². The highest BCUT2D eigenvalue weighted by Gasteiger charge is 2.25. The van der Waals surface area contributed by atoms with E-state index in [1.165, 1.54) is 7.05 Å². The van der Waals surface area contributed by atoms with E-state index < -0.39 is 18.1 Å². The van der Waals surface area contributed by atoms with Crippen LogP contribution in [0, 0.1) is 5.92 Å². The lowest BCUT2D eigenvalue weighted by atomic mass is 10.0. The summed E-state index contributed by atoms with van der Waals surface area (Å²) in [6.07, 6.45) is 0. The number of amides is 1. The van der Waals surface area contributed by atoms with E-state index in [0.29, 0.717) is 0 Å². The largest absolute Gasteiger partial charge is 0.480 e. The van der Waals surface area contributed by atoms with Crippen LogP contribution < -0.4 is 10.6 Å². The molecule has 1 amide bonds. The Labute approximate surface area is 83.9 Å². The van der Waals surface area contributed by atoms with Gasteiger partial charge in [-0.05, 0) is 12.8 Å². The van der Waals surface area contributed by atoms with Gasteiger partial charge in [0.2, 0.25) is 5.91 Å². The second-order valence-electron chi connectivity index (χ2n) is 3.56. The van der Waals surface area contributed by atoms with Gasteiger partial charge in [0.1, 0.15) is 6.04 Å². The van der Waals surface area contributed by atoms with Crippen LogP contribution in [0.25, 0.3) is 0 Å². The molecular formula is C9H18N2O3. The molecule has 0 aromatic carbocycles. The highest BCUT2D eigenvalue weighted by molar-refractivity contribution is 5.82. The number of carbonyl (C=O) groups is 2. The highest BCUT2D eigenvalue weighted by Crippen LogP contribution is 2.02. The van der Waals surface area contributed by atoms with Gasteiger partial charge in [-0.2, -0.15) is 0 Å². The maximum Gasteiger partial charge on any atom is 0.320 e. The first kappa shape index (κ1) is 12.9. The molecule has 0 aromatic rings. The van der Waals surface area contributed by atoms with Crippen molar-refractivity contribution >= 4 is 11.9 Å². The van der Waals surface area contributed by atoms with E-state index in [4.69, 9.17) is 5.11 Å². The average Bonchev–Trinajstić information content (AvgIpc) is 2.11. The number of aliphatic carboxylic acids is 1. The van der Waals surface area contributed by atoms with Crippen molar-refractivity contribution in [3.8, 4) is 0 Å². The van der Waals surface area contributed by atoms with Crippen molar-refractivity contribution in [2.24, 2.45) is 5.92 Å². The Balaban J connectivity index is 4.30. The molecule has 0 aliphatic rings. The van der Waals surface area contributed by atoms with Crippen molar-refractivity contribution in [2.75, 3.05) is 7.05 Å². The minimum Gasteiger partial charge on any atom is -0.480 e. The quantitative estimate of drug-likeness (QED) is 0.578. The minimum absolute atomic E-state index is 0.0559. The van der Waals surface area contributed by atoms with Crippen LogP contribution in [0.2, 0.25) is 0 Å². The summed E-state index contributed by atoms with van der Waals surface area (Å²) < 4.78 is 0. The van der Waals surface area contributed by atoms with Crippen molar-refractivity contribution in [3.63, 3.8) is 0 Å². The van der Waals surface area contributed by atoms with Gasteiger partial charge in [0.15, 0.2) is 0 Å². The van der Waals surface area contributed by atoms with E-state index in [2.05, 4.69) is 10.6 Å². The molecule has 82 valence electrons. The summed E-state index contributed by atoms with van der Waals surface area (Å²) in [5.74, 6) is -1.20. The number of hydrogen-bond donors (Lipinski definition) is 3. The standard InChI is InChI=1S/C9H18N2O3/c1-5(2)7(9(13)14)11-6(3)8(12)10-4/h5-7,11H,1-4H3,(H,10,12)(H,13,14). The number of carboxylic acid groups (broad SMARTS) is 1. The summed E-state index contributed by atoms with van der Waals surface area (Å²) in [5.41, 5.74) is 0. The fraction of sp³-hybridized carbons (Fsp3) is 0.778. The lowest BCUT2D eigenvalue weighted by molar-refractivity contribution is -0.141. The Hall–Kier alpha value is -1.10. The summed E-state index contributed by atoms with van der Waals surface area (Å²) in [7, 11) is 1.52. The van der Waals surface area contributed by atoms with Gasteiger partial charge in [-0.15, -0.1) is 0 Å². The van der Waals surface area contributed by atoms with Crippen molar-refractivity contribution in [1.82, 2.24) is 10.6 Å². The Morgan fingerprint density at radius 3 is 2.00 bits per heavy atom. The lowest BCUT2D eigenvalue weighted by Gasteiger charge is -2.21. The zero-order chi connectivity index (χ0) is 11.3. The molecule has 0 bridgehead atoms. The molecule has 3 N–H and O–H groups in total. The molecule has 0 fully saturated rings. The van der Waals surface area contributed by atoms with Gasteiger partial charge in [0.05, 0.1) is 6.04 Å². The number of nitrogens with one attached hydrogen (secondary N) is 2. The molecule has 0 spiro atoms. The number of rotatable bonds is 5. The first-order valence-electron chi connectivity index (χ1n) is 4.60. The van der Waals surface area contributed by atoms with Crippen molar-refractivity contribution in [3.05, 3.63) is 0 Å². The lowest BCUT2D eigenvalue weighted by Crippen LogP contribution is -2.50. The van der Waals surface area contributed by atoms with Crippen LogP contribution in [0.1, 0.15) is 20.8 Å². The van der Waals surface area contributed by atoms with Gasteiger partial charge >= 0.3 is 5.97 Å². The van der Waals surface area contributed by atoms with Crippen molar-refractivity contribution in [2.45, 2.75) is 32.9 Å². The van der Waals surface area contributed by atoms with E-state index in [9.17, 15) is 9.59 Å². The fourth-order valence-corrected chi connectivity index (χ4v) is 1.11. The molecule has 5 heteroatoms. The van der Waals surface area contributed by atoms with Crippen molar-refractivity contribution in [1.29, 1.82) is 0 Å². The number of carbonyl (C=O) groups excluding carboxylic acids is 1. The Bertz CT molecular complexity index is 216. The predicted octanol–water partition coefficient (Wildman–Crippen LogP) is -0.180. The first-order valence-corrected chi connectivity index (χ1v) is 4.60. The summed E-state index contributed by atoms with van der Waals surface area (Å²) in [6.45, 7) is 5.22. The van der Waals surface area contributed by atoms with Crippen LogP contribution in [0.15, 0.2) is 0 Å². The smallest absolute Gasteiger partial charge is 0.320 e. The topological polar surface area (TPSA) is 78.4 Å². The number of likely N-dealkylation sites (N-methyl/N-ethyl adjacent to an activating group) is 1. The highest BCUT2D eigenvalue weighted by atomic mass is 16.4. The molecular weight excluding hydrogens is 184 g/mol. The second kappa shape index (κ2) is 5.59. The third-order valence-electron chi connectivity index (χ3n) is 2.00. The molecule has 0 saturated carbocycles. The van der Waals surface area contributed by atoms with E-state index in [1.807, 2.05) is 0 Å². The van der Waals surface area contributed by atoms with Crippen molar-refractivity contribution < 1.29 is 14.7 Å². The first-order chi connectivity index (χ1) is 6.40. The van der Waals surface area contributed by atoms with Gasteiger partial charge < -0.3 is 10.4 Å². The third-order valence-corrected chi connectivity index (χ3v) is 2.00. The maximum atomic E-state index is 11.1. The van der Waals surface area contributed by atoms with Crippen LogP contribution in [0.4, 0.5) is 0 Å². The third kappa shape index (κ3) is 3.74. The van der Waals surface area contributed by atoms with Crippen LogP contribution in [0.3, 0.4) is 0 Å². The van der Waals surface area contributed by atoms with Gasteiger partial charge in [0.25, 0.3) is 0 Å². The number of carboxylic acids is 1. The molecule has 5 nitrogen and oxygen atoms in total. The second-order valence-corrected chi connectivity index (χ2v) is 3.56. The summed E-state index contributed by atoms with van der Waals surface area (Å²) in [4.78, 5) is 21.9. The Kier molecular flexibility index (Phi) is 5.15. The molecule has 0 radical (unpaired) electrons. The maximum absolute atomic E-state index is 11.1. The zero-order valence-corrected chi connectivity index (χ0v) is 9.00. The summed E-state index contributed by atoms with van der Waals surface area (Å²) >= 11 is 0. The fourth-order valence-electron chi connectivity index (χ4n) is 1.11. The molecule has 2 atom stereocenters. The molecule has 0 aliphatic heterocycles. The molecule has 2 unspecified atom stereocenters. The normalized spacial score (nSPS) is 14.9. The van der Waals surface area contributed by atoms with Crippen LogP contribution >= 0.6 is 0 Å². The molecule has 0 heterocycles. The summed E-state index contributed by atoms with van der Waals surface area (Å²) in [5, 5.41) is 14.1. The van der Waals surface area contributed by atoms with Gasteiger partial charge in [0, 0.05) is 7.05 Å². The molecule has 0 rings (SSSR count). The van der Waals surface area contributed by atoms with E-state index >= 15 is 0 Å². The van der Waals surface area contributed by atoms with E-state index in [-0.39, 0.29) is 11.8 Å². The van der Waals surface area contributed by atoms with E-state index in [1.54, 1.807) is 20.8 Å². The Morgan fingerprint density at radius 1 is 1.21 bits per heavy atom. The number of hydrogen-bond acceptors (Lipinski definition) is 3. The molecule has 0 aliphatic carbocycles. The predicted molar refractivity (Wildman–Crippen MR) is 52.9 cm³/mol.